The molecule has 0 radical (unpaired) electrons. The normalized spacial score (nSPS) is 11.7. The lowest BCUT2D eigenvalue weighted by Gasteiger charge is -2.10. The van der Waals surface area contributed by atoms with E-state index in [2.05, 4.69) is 59.8 Å². The number of thiophene rings is 1. The number of nitrogens with zero attached hydrogens (tertiary/aromatic N) is 2. The summed E-state index contributed by atoms with van der Waals surface area (Å²) in [6.45, 7) is 11.0. The van der Waals surface area contributed by atoms with Gasteiger partial charge in [0.05, 0.1) is 17.2 Å². The van der Waals surface area contributed by atoms with Crippen molar-refractivity contribution < 1.29 is 0 Å². The van der Waals surface area contributed by atoms with Crippen molar-refractivity contribution in [3.8, 4) is 0 Å². The Morgan fingerprint density at radius 2 is 2.09 bits per heavy atom. The van der Waals surface area contributed by atoms with Crippen LogP contribution in [0.4, 0.5) is 0 Å². The van der Waals surface area contributed by atoms with Crippen molar-refractivity contribution >= 4 is 28.6 Å². The minimum absolute atomic E-state index is 0.731. The molecule has 6 heteroatoms. The molecule has 2 aromatic heterocycles. The van der Waals surface area contributed by atoms with Crippen LogP contribution in [0, 0.1) is 13.8 Å². The first-order chi connectivity index (χ1) is 11.1. The standard InChI is InChI=1S/C17H26N4S2/c1-5-14-13(4)23-16(21-14)7-9-19-17(18-6-2)20-11-15-12(3)8-10-22-15/h8,10H,5-7,9,11H2,1-4H3,(H2,18,19,20). The van der Waals surface area contributed by atoms with Crippen LogP contribution in [0.1, 0.15) is 39.9 Å². The molecule has 0 saturated carbocycles. The van der Waals surface area contributed by atoms with Gasteiger partial charge < -0.3 is 10.6 Å². The Balaban J connectivity index is 1.87. The predicted molar refractivity (Wildman–Crippen MR) is 102 cm³/mol. The topological polar surface area (TPSA) is 49.3 Å². The third-order valence-electron chi connectivity index (χ3n) is 3.60. The zero-order valence-electron chi connectivity index (χ0n) is 14.4. The first kappa shape index (κ1) is 17.9. The third kappa shape index (κ3) is 5.32. The van der Waals surface area contributed by atoms with Crippen LogP contribution in [-0.4, -0.2) is 24.0 Å². The molecule has 0 aromatic carbocycles. The number of aromatic nitrogens is 1. The molecule has 4 nitrogen and oxygen atoms in total. The van der Waals surface area contributed by atoms with Gasteiger partial charge in [-0.15, -0.1) is 22.7 Å². The maximum atomic E-state index is 4.69. The van der Waals surface area contributed by atoms with Crippen molar-refractivity contribution in [2.24, 2.45) is 4.99 Å². The summed E-state index contributed by atoms with van der Waals surface area (Å²) in [6, 6.07) is 2.14. The minimum atomic E-state index is 0.731. The second kappa shape index (κ2) is 9.03. The molecule has 0 unspecified atom stereocenters. The molecule has 0 bridgehead atoms. The lowest BCUT2D eigenvalue weighted by atomic mass is 10.3. The number of aryl methyl sites for hydroxylation is 3. The molecule has 0 aliphatic heterocycles. The highest BCUT2D eigenvalue weighted by Gasteiger charge is 2.06. The number of thiazole rings is 1. The van der Waals surface area contributed by atoms with E-state index in [1.54, 1.807) is 11.3 Å². The zero-order chi connectivity index (χ0) is 16.7. The van der Waals surface area contributed by atoms with Crippen LogP contribution in [0.2, 0.25) is 0 Å². The van der Waals surface area contributed by atoms with Crippen molar-refractivity contribution in [2.45, 2.75) is 47.1 Å². The fourth-order valence-electron chi connectivity index (χ4n) is 2.27. The Bertz CT molecular complexity index is 643. The van der Waals surface area contributed by atoms with Crippen LogP contribution < -0.4 is 10.6 Å². The highest BCUT2D eigenvalue weighted by Crippen LogP contribution is 2.18. The van der Waals surface area contributed by atoms with E-state index >= 15 is 0 Å². The van der Waals surface area contributed by atoms with Crippen molar-refractivity contribution in [1.29, 1.82) is 0 Å². The molecular formula is C17H26N4S2. The third-order valence-corrected chi connectivity index (χ3v) is 5.68. The van der Waals surface area contributed by atoms with Gasteiger partial charge in [-0.1, -0.05) is 6.92 Å². The lowest BCUT2D eigenvalue weighted by Crippen LogP contribution is -2.38. The van der Waals surface area contributed by atoms with E-state index < -0.39 is 0 Å². The van der Waals surface area contributed by atoms with Crippen LogP contribution in [0.5, 0.6) is 0 Å². The quantitative estimate of drug-likeness (QED) is 0.591. The van der Waals surface area contributed by atoms with Crippen LogP contribution >= 0.6 is 22.7 Å². The van der Waals surface area contributed by atoms with Gasteiger partial charge in [0.2, 0.25) is 0 Å². The second-order valence-corrected chi connectivity index (χ2v) is 7.65. The molecule has 0 aliphatic carbocycles. The monoisotopic (exact) mass is 350 g/mol. The number of aliphatic imine (C=N–C) groups is 1. The Morgan fingerprint density at radius 3 is 2.70 bits per heavy atom. The summed E-state index contributed by atoms with van der Waals surface area (Å²) in [7, 11) is 0. The van der Waals surface area contributed by atoms with Crippen molar-refractivity contribution in [3.05, 3.63) is 37.5 Å². The minimum Gasteiger partial charge on any atom is -0.357 e. The van der Waals surface area contributed by atoms with Gasteiger partial charge in [-0.05, 0) is 44.2 Å². The van der Waals surface area contributed by atoms with Gasteiger partial charge in [0.25, 0.3) is 0 Å². The highest BCUT2D eigenvalue weighted by molar-refractivity contribution is 7.11. The van der Waals surface area contributed by atoms with Gasteiger partial charge in [-0.2, -0.15) is 0 Å². The number of rotatable bonds is 7. The summed E-state index contributed by atoms with van der Waals surface area (Å²) in [6.07, 6.45) is 1.95. The molecule has 23 heavy (non-hydrogen) atoms. The van der Waals surface area contributed by atoms with Crippen LogP contribution in [0.25, 0.3) is 0 Å². The van der Waals surface area contributed by atoms with E-state index in [0.29, 0.717) is 0 Å². The first-order valence-electron chi connectivity index (χ1n) is 8.14. The molecule has 126 valence electrons. The molecule has 2 rings (SSSR count). The molecule has 2 aromatic rings. The van der Waals surface area contributed by atoms with Crippen molar-refractivity contribution in [2.75, 3.05) is 13.1 Å². The van der Waals surface area contributed by atoms with E-state index in [1.165, 1.54) is 26.0 Å². The summed E-state index contributed by atoms with van der Waals surface area (Å²) < 4.78 is 0. The van der Waals surface area contributed by atoms with E-state index in [9.17, 15) is 0 Å². The van der Waals surface area contributed by atoms with Gasteiger partial charge in [0.15, 0.2) is 5.96 Å². The first-order valence-corrected chi connectivity index (χ1v) is 9.84. The van der Waals surface area contributed by atoms with Crippen LogP contribution in [0.15, 0.2) is 16.4 Å². The number of hydrogen-bond acceptors (Lipinski definition) is 4. The molecule has 0 amide bonds. The smallest absolute Gasteiger partial charge is 0.191 e. The maximum absolute atomic E-state index is 4.69. The Morgan fingerprint density at radius 1 is 1.26 bits per heavy atom. The summed E-state index contributed by atoms with van der Waals surface area (Å²) in [4.78, 5) is 12.0. The predicted octanol–water partition coefficient (Wildman–Crippen LogP) is 3.68. The molecule has 0 fully saturated rings. The van der Waals surface area contributed by atoms with Gasteiger partial charge >= 0.3 is 0 Å². The number of guanidine groups is 1. The average molecular weight is 351 g/mol. The summed E-state index contributed by atoms with van der Waals surface area (Å²) >= 11 is 3.57. The Hall–Kier alpha value is -1.40. The average Bonchev–Trinajstić information content (AvgIpc) is 3.10. The fourth-order valence-corrected chi connectivity index (χ4v) is 4.12. The van der Waals surface area contributed by atoms with E-state index in [-0.39, 0.29) is 0 Å². The van der Waals surface area contributed by atoms with E-state index in [0.717, 1.165) is 38.4 Å². The Kier molecular flexibility index (Phi) is 7.05. The number of nitrogens with one attached hydrogen (secondary N) is 2. The molecule has 0 aliphatic rings. The molecule has 2 N–H and O–H groups in total. The van der Waals surface area contributed by atoms with Gasteiger partial charge in [-0.25, -0.2) is 9.98 Å². The van der Waals surface area contributed by atoms with Gasteiger partial charge in [0.1, 0.15) is 0 Å². The van der Waals surface area contributed by atoms with E-state index in [1.807, 2.05) is 11.3 Å². The SMILES string of the molecule is CCNC(=NCc1sccc1C)NCCc1nc(CC)c(C)s1. The molecular weight excluding hydrogens is 324 g/mol. The number of hydrogen-bond donors (Lipinski definition) is 2. The van der Waals surface area contributed by atoms with Crippen molar-refractivity contribution in [3.63, 3.8) is 0 Å². The fraction of sp³-hybridized carbons (Fsp3) is 0.529. The maximum Gasteiger partial charge on any atom is 0.191 e. The van der Waals surface area contributed by atoms with E-state index in [4.69, 9.17) is 0 Å². The summed E-state index contributed by atoms with van der Waals surface area (Å²) in [5, 5.41) is 10.0. The van der Waals surface area contributed by atoms with Crippen LogP contribution in [0.3, 0.4) is 0 Å². The summed E-state index contributed by atoms with van der Waals surface area (Å²) in [5.74, 6) is 0.879. The molecule has 0 spiro atoms. The second-order valence-electron chi connectivity index (χ2n) is 5.36. The largest absolute Gasteiger partial charge is 0.357 e. The van der Waals surface area contributed by atoms with Crippen molar-refractivity contribution in [1.82, 2.24) is 15.6 Å². The molecule has 2 heterocycles. The Labute approximate surface area is 147 Å². The molecule has 0 saturated heterocycles. The summed E-state index contributed by atoms with van der Waals surface area (Å²) in [5.41, 5.74) is 2.55. The highest BCUT2D eigenvalue weighted by atomic mass is 32.1. The van der Waals surface area contributed by atoms with Gasteiger partial charge in [0, 0.05) is 29.3 Å². The zero-order valence-corrected chi connectivity index (χ0v) is 16.0. The van der Waals surface area contributed by atoms with Crippen LogP contribution in [-0.2, 0) is 19.4 Å². The van der Waals surface area contributed by atoms with Gasteiger partial charge in [-0.3, -0.25) is 0 Å². The lowest BCUT2D eigenvalue weighted by molar-refractivity contribution is 0.794. The molecule has 0 atom stereocenters.